The van der Waals surface area contributed by atoms with Crippen molar-refractivity contribution in [3.63, 3.8) is 0 Å². The monoisotopic (exact) mass is 267 g/mol. The standard InChI is InChI=1S/C16H17N3O/c1-10-5-6-14(11(2)15(10)20)18-8-12-9-19-16-13(12)4-3-7-17-16/h3-7,9,18,20H,8H2,1-2H3,(H,17,19). The zero-order chi connectivity index (χ0) is 14.1. The number of phenolic OH excluding ortho intramolecular Hbond substituents is 1. The summed E-state index contributed by atoms with van der Waals surface area (Å²) in [5, 5.41) is 14.4. The number of nitrogens with zero attached hydrogens (tertiary/aromatic N) is 1. The largest absolute Gasteiger partial charge is 0.507 e. The molecule has 0 aliphatic heterocycles. The summed E-state index contributed by atoms with van der Waals surface area (Å²) >= 11 is 0. The van der Waals surface area contributed by atoms with Crippen molar-refractivity contribution in [2.24, 2.45) is 0 Å². The van der Waals surface area contributed by atoms with Crippen molar-refractivity contribution in [3.8, 4) is 5.75 Å². The van der Waals surface area contributed by atoms with Gasteiger partial charge in [0.25, 0.3) is 0 Å². The Morgan fingerprint density at radius 1 is 1.25 bits per heavy atom. The molecule has 0 aliphatic carbocycles. The number of aromatic hydroxyl groups is 1. The molecule has 0 saturated carbocycles. The Morgan fingerprint density at radius 3 is 2.95 bits per heavy atom. The summed E-state index contributed by atoms with van der Waals surface area (Å²) in [7, 11) is 0. The number of aryl methyl sites for hydroxylation is 1. The average molecular weight is 267 g/mol. The highest BCUT2D eigenvalue weighted by Gasteiger charge is 2.07. The number of hydrogen-bond donors (Lipinski definition) is 3. The van der Waals surface area contributed by atoms with E-state index < -0.39 is 0 Å². The van der Waals surface area contributed by atoms with Crippen molar-refractivity contribution in [1.29, 1.82) is 0 Å². The topological polar surface area (TPSA) is 60.9 Å². The molecular weight excluding hydrogens is 250 g/mol. The SMILES string of the molecule is Cc1ccc(NCc2c[nH]c3ncccc23)c(C)c1O. The van der Waals surface area contributed by atoms with Gasteiger partial charge in [0.2, 0.25) is 0 Å². The second-order valence-electron chi connectivity index (χ2n) is 4.97. The summed E-state index contributed by atoms with van der Waals surface area (Å²) in [5.74, 6) is 0.357. The summed E-state index contributed by atoms with van der Waals surface area (Å²) in [5.41, 5.74) is 4.78. The fourth-order valence-corrected chi connectivity index (χ4v) is 2.38. The van der Waals surface area contributed by atoms with Crippen LogP contribution in [0.5, 0.6) is 5.75 Å². The van der Waals surface area contributed by atoms with E-state index in [1.165, 1.54) is 0 Å². The quantitative estimate of drug-likeness (QED) is 0.680. The van der Waals surface area contributed by atoms with Crippen LogP contribution in [-0.4, -0.2) is 15.1 Å². The first kappa shape index (κ1) is 12.5. The molecule has 1 aromatic carbocycles. The molecule has 0 amide bonds. The first-order chi connectivity index (χ1) is 9.66. The normalized spacial score (nSPS) is 10.9. The molecule has 2 aromatic heterocycles. The maximum absolute atomic E-state index is 9.96. The second-order valence-corrected chi connectivity index (χ2v) is 4.97. The van der Waals surface area contributed by atoms with Crippen LogP contribution in [0.15, 0.2) is 36.7 Å². The molecule has 2 heterocycles. The average Bonchev–Trinajstić information content (AvgIpc) is 2.87. The van der Waals surface area contributed by atoms with Crippen molar-refractivity contribution in [2.45, 2.75) is 20.4 Å². The molecule has 20 heavy (non-hydrogen) atoms. The van der Waals surface area contributed by atoms with Gasteiger partial charge in [-0.2, -0.15) is 0 Å². The zero-order valence-corrected chi connectivity index (χ0v) is 11.6. The summed E-state index contributed by atoms with van der Waals surface area (Å²) in [4.78, 5) is 7.44. The van der Waals surface area contributed by atoms with E-state index in [0.29, 0.717) is 12.3 Å². The minimum absolute atomic E-state index is 0.357. The number of aromatic amines is 1. The van der Waals surface area contributed by atoms with Gasteiger partial charge in [0.15, 0.2) is 0 Å². The number of fused-ring (bicyclic) bond motifs is 1. The molecular formula is C16H17N3O. The van der Waals surface area contributed by atoms with E-state index in [1.807, 2.05) is 38.2 Å². The van der Waals surface area contributed by atoms with Crippen molar-refractivity contribution >= 4 is 16.7 Å². The first-order valence-electron chi connectivity index (χ1n) is 6.61. The number of rotatable bonds is 3. The van der Waals surface area contributed by atoms with Gasteiger partial charge in [-0.05, 0) is 43.2 Å². The third-order valence-corrected chi connectivity index (χ3v) is 3.64. The van der Waals surface area contributed by atoms with Crippen LogP contribution in [-0.2, 0) is 6.54 Å². The number of H-pyrrole nitrogens is 1. The Kier molecular flexibility index (Phi) is 3.06. The van der Waals surface area contributed by atoms with E-state index in [-0.39, 0.29) is 0 Å². The number of hydrogen-bond acceptors (Lipinski definition) is 3. The highest BCUT2D eigenvalue weighted by Crippen LogP contribution is 2.28. The van der Waals surface area contributed by atoms with Crippen molar-refractivity contribution < 1.29 is 5.11 Å². The number of benzene rings is 1. The molecule has 3 N–H and O–H groups in total. The predicted molar refractivity (Wildman–Crippen MR) is 81.0 cm³/mol. The van der Waals surface area contributed by atoms with E-state index in [1.54, 1.807) is 6.20 Å². The molecule has 0 spiro atoms. The molecule has 0 fully saturated rings. The first-order valence-corrected chi connectivity index (χ1v) is 6.61. The molecule has 3 rings (SSSR count). The van der Waals surface area contributed by atoms with Gasteiger partial charge in [-0.15, -0.1) is 0 Å². The lowest BCUT2D eigenvalue weighted by Gasteiger charge is -2.12. The molecule has 0 saturated heterocycles. The van der Waals surface area contributed by atoms with Crippen molar-refractivity contribution in [1.82, 2.24) is 9.97 Å². The highest BCUT2D eigenvalue weighted by atomic mass is 16.3. The second kappa shape index (κ2) is 4.89. The van der Waals surface area contributed by atoms with E-state index in [4.69, 9.17) is 0 Å². The highest BCUT2D eigenvalue weighted by molar-refractivity contribution is 5.79. The Hall–Kier alpha value is -2.49. The van der Waals surface area contributed by atoms with Gasteiger partial charge < -0.3 is 15.4 Å². The predicted octanol–water partition coefficient (Wildman–Crippen LogP) is 3.50. The van der Waals surface area contributed by atoms with Crippen molar-refractivity contribution in [2.75, 3.05) is 5.32 Å². The maximum Gasteiger partial charge on any atom is 0.137 e. The Morgan fingerprint density at radius 2 is 2.10 bits per heavy atom. The molecule has 4 heteroatoms. The van der Waals surface area contributed by atoms with Gasteiger partial charge in [0, 0.05) is 35.6 Å². The summed E-state index contributed by atoms with van der Waals surface area (Å²) in [6.07, 6.45) is 3.74. The zero-order valence-electron chi connectivity index (χ0n) is 11.6. The number of pyridine rings is 1. The van der Waals surface area contributed by atoms with Crippen LogP contribution in [0.1, 0.15) is 16.7 Å². The Labute approximate surface area is 117 Å². The maximum atomic E-state index is 9.96. The Bertz CT molecular complexity index is 762. The molecule has 0 bridgehead atoms. The van der Waals surface area contributed by atoms with Crippen LogP contribution in [0.2, 0.25) is 0 Å². The van der Waals surface area contributed by atoms with E-state index in [9.17, 15) is 5.11 Å². The van der Waals surface area contributed by atoms with Crippen LogP contribution in [0.3, 0.4) is 0 Å². The van der Waals surface area contributed by atoms with Crippen molar-refractivity contribution in [3.05, 3.63) is 53.3 Å². The van der Waals surface area contributed by atoms with Crippen LogP contribution in [0.25, 0.3) is 11.0 Å². The molecule has 0 unspecified atom stereocenters. The third kappa shape index (κ3) is 2.09. The van der Waals surface area contributed by atoms with E-state index in [2.05, 4.69) is 21.4 Å². The number of anilines is 1. The van der Waals surface area contributed by atoms with E-state index >= 15 is 0 Å². The van der Waals surface area contributed by atoms with Gasteiger partial charge in [0.1, 0.15) is 11.4 Å². The minimum Gasteiger partial charge on any atom is -0.507 e. The Balaban J connectivity index is 1.85. The smallest absolute Gasteiger partial charge is 0.137 e. The number of nitrogens with one attached hydrogen (secondary N) is 2. The number of aromatic nitrogens is 2. The summed E-state index contributed by atoms with van der Waals surface area (Å²) in [6, 6.07) is 7.90. The van der Waals surface area contributed by atoms with Crippen LogP contribution < -0.4 is 5.32 Å². The molecule has 102 valence electrons. The van der Waals surface area contributed by atoms with Crippen LogP contribution in [0, 0.1) is 13.8 Å². The van der Waals surface area contributed by atoms with Gasteiger partial charge in [-0.25, -0.2) is 4.98 Å². The van der Waals surface area contributed by atoms with Gasteiger partial charge in [-0.3, -0.25) is 0 Å². The molecule has 4 nitrogen and oxygen atoms in total. The van der Waals surface area contributed by atoms with Gasteiger partial charge in [-0.1, -0.05) is 6.07 Å². The lowest BCUT2D eigenvalue weighted by atomic mass is 10.1. The lowest BCUT2D eigenvalue weighted by Crippen LogP contribution is -2.01. The molecule has 3 aromatic rings. The molecule has 0 atom stereocenters. The summed E-state index contributed by atoms with van der Waals surface area (Å²) < 4.78 is 0. The third-order valence-electron chi connectivity index (χ3n) is 3.64. The van der Waals surface area contributed by atoms with Crippen LogP contribution >= 0.6 is 0 Å². The van der Waals surface area contributed by atoms with Crippen LogP contribution in [0.4, 0.5) is 5.69 Å². The fourth-order valence-electron chi connectivity index (χ4n) is 2.38. The number of phenols is 1. The molecule has 0 radical (unpaired) electrons. The van der Waals surface area contributed by atoms with E-state index in [0.717, 1.165) is 33.4 Å². The van der Waals surface area contributed by atoms with Gasteiger partial charge >= 0.3 is 0 Å². The minimum atomic E-state index is 0.357. The summed E-state index contributed by atoms with van der Waals surface area (Å²) in [6.45, 7) is 4.51. The van der Waals surface area contributed by atoms with Gasteiger partial charge in [0.05, 0.1) is 0 Å². The fraction of sp³-hybridized carbons (Fsp3) is 0.188. The molecule has 0 aliphatic rings. The lowest BCUT2D eigenvalue weighted by molar-refractivity contribution is 0.467.